The summed E-state index contributed by atoms with van der Waals surface area (Å²) in [4.78, 5) is 16.2. The Morgan fingerprint density at radius 1 is 1.00 bits per heavy atom. The Kier molecular flexibility index (Phi) is 5.06. The highest BCUT2D eigenvalue weighted by atomic mass is 35.5. The number of nitrogens with one attached hydrogen (secondary N) is 1. The van der Waals surface area contributed by atoms with Crippen molar-refractivity contribution in [3.63, 3.8) is 0 Å². The van der Waals surface area contributed by atoms with Crippen molar-refractivity contribution in [3.05, 3.63) is 89.1 Å². The molecule has 0 aliphatic carbocycles. The van der Waals surface area contributed by atoms with E-state index in [1.807, 2.05) is 43.3 Å². The summed E-state index contributed by atoms with van der Waals surface area (Å²) in [5.74, 6) is 0.237. The molecule has 0 aliphatic heterocycles. The summed E-state index contributed by atoms with van der Waals surface area (Å²) in [5, 5.41) is 13.8. The highest BCUT2D eigenvalue weighted by Gasteiger charge is 2.16. The molecule has 6 heteroatoms. The number of fused-ring (bicyclic) bond motifs is 1. The van der Waals surface area contributed by atoms with Crippen LogP contribution in [0.25, 0.3) is 10.9 Å². The molecule has 0 unspecified atom stereocenters. The number of hydrogen-bond donors (Lipinski definition) is 2. The number of aryl methyl sites for hydroxylation is 1. The topological polar surface area (TPSA) is 71.5 Å². The van der Waals surface area contributed by atoms with E-state index in [4.69, 9.17) is 16.3 Å². The van der Waals surface area contributed by atoms with Gasteiger partial charge in [0.1, 0.15) is 11.3 Å². The van der Waals surface area contributed by atoms with Gasteiger partial charge in [0.15, 0.2) is 5.75 Å². The number of carboxylic acids is 1. The monoisotopic (exact) mass is 404 g/mol. The third-order valence-corrected chi connectivity index (χ3v) is 4.71. The summed E-state index contributed by atoms with van der Waals surface area (Å²) in [6.07, 6.45) is 0. The number of carboxylic acid groups (broad SMARTS) is 1. The predicted octanol–water partition coefficient (Wildman–Crippen LogP) is 6.43. The summed E-state index contributed by atoms with van der Waals surface area (Å²) in [7, 11) is 0. The minimum atomic E-state index is -1.01. The van der Waals surface area contributed by atoms with E-state index in [0.29, 0.717) is 38.8 Å². The summed E-state index contributed by atoms with van der Waals surface area (Å²) in [5.41, 5.74) is 2.63. The standard InChI is InChI=1S/C23H17ClN2O3/c1-14-13-19(26-18-10-6-5-9-16(18)23(27)28)21-17(24)11-12-20(22(21)25-14)29-15-7-3-2-4-8-15/h2-13H,1H3,(H,25,26)(H,27,28). The van der Waals surface area contributed by atoms with E-state index >= 15 is 0 Å². The molecular formula is C23H17ClN2O3. The molecule has 4 rings (SSSR count). The molecule has 0 bridgehead atoms. The molecule has 0 saturated carbocycles. The fraction of sp³-hybridized carbons (Fsp3) is 0.0435. The Balaban J connectivity index is 1.86. The van der Waals surface area contributed by atoms with E-state index in [0.717, 1.165) is 5.69 Å². The number of benzene rings is 3. The van der Waals surface area contributed by atoms with Crippen LogP contribution in [-0.2, 0) is 0 Å². The van der Waals surface area contributed by atoms with Crippen molar-refractivity contribution in [1.29, 1.82) is 0 Å². The molecule has 0 saturated heterocycles. The molecule has 0 amide bonds. The van der Waals surface area contributed by atoms with Crippen LogP contribution in [0, 0.1) is 6.92 Å². The van der Waals surface area contributed by atoms with Gasteiger partial charge in [-0.05, 0) is 49.4 Å². The lowest BCUT2D eigenvalue weighted by Gasteiger charge is -2.16. The van der Waals surface area contributed by atoms with Gasteiger partial charge in [0.25, 0.3) is 0 Å². The van der Waals surface area contributed by atoms with Crippen molar-refractivity contribution in [2.45, 2.75) is 6.92 Å². The lowest BCUT2D eigenvalue weighted by Crippen LogP contribution is -2.03. The van der Waals surface area contributed by atoms with Crippen LogP contribution < -0.4 is 10.1 Å². The van der Waals surface area contributed by atoms with Crippen LogP contribution in [0.3, 0.4) is 0 Å². The number of para-hydroxylation sites is 2. The van der Waals surface area contributed by atoms with Crippen molar-refractivity contribution in [1.82, 2.24) is 4.98 Å². The van der Waals surface area contributed by atoms with Crippen molar-refractivity contribution in [3.8, 4) is 11.5 Å². The molecule has 0 spiro atoms. The van der Waals surface area contributed by atoms with E-state index in [2.05, 4.69) is 10.3 Å². The summed E-state index contributed by atoms with van der Waals surface area (Å²) in [6.45, 7) is 1.86. The number of aromatic carboxylic acids is 1. The third kappa shape index (κ3) is 3.86. The first-order chi connectivity index (χ1) is 14.0. The maximum Gasteiger partial charge on any atom is 0.337 e. The fourth-order valence-corrected chi connectivity index (χ4v) is 3.38. The zero-order valence-corrected chi connectivity index (χ0v) is 16.3. The number of anilines is 2. The molecular weight excluding hydrogens is 388 g/mol. The highest BCUT2D eigenvalue weighted by molar-refractivity contribution is 6.36. The molecule has 1 aromatic heterocycles. The Bertz CT molecular complexity index is 1210. The molecule has 0 aliphatic rings. The molecule has 4 aromatic rings. The average molecular weight is 405 g/mol. The second kappa shape index (κ2) is 7.81. The number of nitrogens with zero attached hydrogens (tertiary/aromatic N) is 1. The first-order valence-corrected chi connectivity index (χ1v) is 9.33. The van der Waals surface area contributed by atoms with E-state index in [1.54, 1.807) is 36.4 Å². The highest BCUT2D eigenvalue weighted by Crippen LogP contribution is 2.39. The number of aromatic nitrogens is 1. The third-order valence-electron chi connectivity index (χ3n) is 4.40. The SMILES string of the molecule is Cc1cc(Nc2ccccc2C(=O)O)c2c(Cl)ccc(Oc3ccccc3)c2n1. The quantitative estimate of drug-likeness (QED) is 0.401. The summed E-state index contributed by atoms with van der Waals surface area (Å²) in [6, 6.07) is 21.5. The number of halogens is 1. The maximum absolute atomic E-state index is 11.6. The summed E-state index contributed by atoms with van der Waals surface area (Å²) >= 11 is 6.51. The predicted molar refractivity (Wildman–Crippen MR) is 115 cm³/mol. The zero-order chi connectivity index (χ0) is 20.4. The summed E-state index contributed by atoms with van der Waals surface area (Å²) < 4.78 is 6.03. The second-order valence-electron chi connectivity index (χ2n) is 6.47. The Morgan fingerprint density at radius 2 is 1.72 bits per heavy atom. The molecule has 144 valence electrons. The minimum absolute atomic E-state index is 0.169. The van der Waals surface area contributed by atoms with E-state index in [-0.39, 0.29) is 5.56 Å². The van der Waals surface area contributed by atoms with Crippen LogP contribution in [0.2, 0.25) is 5.02 Å². The van der Waals surface area contributed by atoms with E-state index < -0.39 is 5.97 Å². The van der Waals surface area contributed by atoms with Gasteiger partial charge >= 0.3 is 5.97 Å². The Hall–Kier alpha value is -3.57. The molecule has 2 N–H and O–H groups in total. The van der Waals surface area contributed by atoms with Crippen molar-refractivity contribution < 1.29 is 14.6 Å². The van der Waals surface area contributed by atoms with Gasteiger partial charge in [-0.3, -0.25) is 0 Å². The van der Waals surface area contributed by atoms with Crippen LogP contribution in [0.4, 0.5) is 11.4 Å². The molecule has 0 fully saturated rings. The van der Waals surface area contributed by atoms with E-state index in [1.165, 1.54) is 0 Å². The van der Waals surface area contributed by atoms with Crippen LogP contribution in [0.5, 0.6) is 11.5 Å². The lowest BCUT2D eigenvalue weighted by molar-refractivity contribution is 0.0698. The van der Waals surface area contributed by atoms with Crippen molar-refractivity contribution in [2.75, 3.05) is 5.32 Å². The number of carbonyl (C=O) groups is 1. The largest absolute Gasteiger partial charge is 0.478 e. The van der Waals surface area contributed by atoms with Crippen LogP contribution in [-0.4, -0.2) is 16.1 Å². The zero-order valence-electron chi connectivity index (χ0n) is 15.5. The number of pyridine rings is 1. The van der Waals surface area contributed by atoms with Gasteiger partial charge in [0.05, 0.1) is 22.0 Å². The maximum atomic E-state index is 11.6. The molecule has 1 heterocycles. The smallest absolute Gasteiger partial charge is 0.337 e. The van der Waals surface area contributed by atoms with Gasteiger partial charge in [0, 0.05) is 11.1 Å². The average Bonchev–Trinajstić information content (AvgIpc) is 2.71. The number of hydrogen-bond acceptors (Lipinski definition) is 4. The normalized spacial score (nSPS) is 10.7. The lowest BCUT2D eigenvalue weighted by atomic mass is 10.1. The fourth-order valence-electron chi connectivity index (χ4n) is 3.12. The number of rotatable bonds is 5. The van der Waals surface area contributed by atoms with Gasteiger partial charge in [-0.25, -0.2) is 9.78 Å². The number of ether oxygens (including phenoxy) is 1. The van der Waals surface area contributed by atoms with Gasteiger partial charge < -0.3 is 15.2 Å². The van der Waals surface area contributed by atoms with Crippen LogP contribution >= 0.6 is 11.6 Å². The second-order valence-corrected chi connectivity index (χ2v) is 6.88. The molecule has 5 nitrogen and oxygen atoms in total. The Morgan fingerprint density at radius 3 is 2.48 bits per heavy atom. The van der Waals surface area contributed by atoms with E-state index in [9.17, 15) is 9.90 Å². The van der Waals surface area contributed by atoms with Gasteiger partial charge in [-0.1, -0.05) is 41.9 Å². The molecule has 3 aromatic carbocycles. The minimum Gasteiger partial charge on any atom is -0.478 e. The molecule has 29 heavy (non-hydrogen) atoms. The first-order valence-electron chi connectivity index (χ1n) is 8.95. The van der Waals surface area contributed by atoms with Crippen LogP contribution in [0.15, 0.2) is 72.8 Å². The van der Waals surface area contributed by atoms with Crippen molar-refractivity contribution >= 4 is 39.8 Å². The van der Waals surface area contributed by atoms with Crippen molar-refractivity contribution in [2.24, 2.45) is 0 Å². The molecule has 0 atom stereocenters. The first kappa shape index (κ1) is 18.8. The van der Waals surface area contributed by atoms with Gasteiger partial charge in [-0.2, -0.15) is 0 Å². The van der Waals surface area contributed by atoms with Crippen LogP contribution in [0.1, 0.15) is 16.1 Å². The van der Waals surface area contributed by atoms with Gasteiger partial charge in [0.2, 0.25) is 0 Å². The molecule has 0 radical (unpaired) electrons. The Labute approximate surface area is 172 Å². The van der Waals surface area contributed by atoms with Gasteiger partial charge in [-0.15, -0.1) is 0 Å².